The van der Waals surface area contributed by atoms with E-state index < -0.39 is 5.97 Å². The number of hydrogen-bond donors (Lipinski definition) is 1. The van der Waals surface area contributed by atoms with Gasteiger partial charge in [0.05, 0.1) is 6.54 Å². The Morgan fingerprint density at radius 1 is 1.67 bits per heavy atom. The lowest BCUT2D eigenvalue weighted by atomic mass is 10.2. The molecule has 0 atom stereocenters. The quantitative estimate of drug-likeness (QED) is 0.864. The van der Waals surface area contributed by atoms with E-state index in [4.69, 9.17) is 5.11 Å². The molecule has 0 aromatic carbocycles. The minimum Gasteiger partial charge on any atom is -0.477 e. The van der Waals surface area contributed by atoms with Crippen molar-refractivity contribution in [1.29, 1.82) is 0 Å². The third kappa shape index (κ3) is 2.07. The first kappa shape index (κ1) is 9.92. The van der Waals surface area contributed by atoms with E-state index in [0.717, 1.165) is 10.4 Å². The van der Waals surface area contributed by atoms with Crippen molar-refractivity contribution in [3.05, 3.63) is 39.8 Å². The molecule has 0 saturated carbocycles. The summed E-state index contributed by atoms with van der Waals surface area (Å²) in [7, 11) is 0. The molecule has 0 aliphatic heterocycles. The number of nitrogens with zero attached hydrogens (tertiary/aromatic N) is 2. The molecule has 0 saturated heterocycles. The molecule has 1 N–H and O–H groups in total. The number of aromatic nitrogens is 2. The van der Waals surface area contributed by atoms with E-state index in [1.807, 2.05) is 19.2 Å². The Balaban J connectivity index is 2.25. The largest absolute Gasteiger partial charge is 0.477 e. The fraction of sp³-hybridized carbons (Fsp3) is 0.200. The maximum atomic E-state index is 10.8. The normalized spacial score (nSPS) is 10.5. The molecule has 2 aromatic rings. The minimum absolute atomic E-state index is 0.384. The van der Waals surface area contributed by atoms with Crippen LogP contribution in [0.5, 0.6) is 0 Å². The molecule has 2 aromatic heterocycles. The van der Waals surface area contributed by atoms with Crippen molar-refractivity contribution >= 4 is 17.3 Å². The predicted octanol–water partition coefficient (Wildman–Crippen LogP) is 2.00. The lowest BCUT2D eigenvalue weighted by Gasteiger charge is -1.99. The van der Waals surface area contributed by atoms with Gasteiger partial charge in [0.25, 0.3) is 0 Å². The van der Waals surface area contributed by atoms with Crippen molar-refractivity contribution in [3.63, 3.8) is 0 Å². The molecule has 2 heterocycles. The van der Waals surface area contributed by atoms with E-state index >= 15 is 0 Å². The highest BCUT2D eigenvalue weighted by molar-refractivity contribution is 7.14. The van der Waals surface area contributed by atoms with Crippen LogP contribution in [0.25, 0.3) is 0 Å². The van der Waals surface area contributed by atoms with Crippen LogP contribution in [0.15, 0.2) is 24.5 Å². The SMILES string of the molecule is Cc1sc(C(=O)O)cc1Cn1cccn1. The second-order valence-electron chi connectivity index (χ2n) is 3.20. The molecule has 0 bridgehead atoms. The molecule has 15 heavy (non-hydrogen) atoms. The van der Waals surface area contributed by atoms with Gasteiger partial charge in [0.1, 0.15) is 4.88 Å². The first-order valence-corrected chi connectivity index (χ1v) is 5.28. The summed E-state index contributed by atoms with van der Waals surface area (Å²) in [6, 6.07) is 3.56. The minimum atomic E-state index is -0.866. The van der Waals surface area contributed by atoms with Gasteiger partial charge in [-0.15, -0.1) is 11.3 Å². The van der Waals surface area contributed by atoms with Crippen LogP contribution in [-0.4, -0.2) is 20.9 Å². The van der Waals surface area contributed by atoms with Crippen molar-refractivity contribution in [2.75, 3.05) is 0 Å². The number of aryl methyl sites for hydroxylation is 1. The van der Waals surface area contributed by atoms with Crippen LogP contribution in [0.2, 0.25) is 0 Å². The van der Waals surface area contributed by atoms with Crippen LogP contribution in [0.4, 0.5) is 0 Å². The maximum absolute atomic E-state index is 10.8. The van der Waals surface area contributed by atoms with E-state index in [0.29, 0.717) is 11.4 Å². The summed E-state index contributed by atoms with van der Waals surface area (Å²) >= 11 is 1.30. The molecule has 5 heteroatoms. The second kappa shape index (κ2) is 3.86. The Hall–Kier alpha value is -1.62. The summed E-state index contributed by atoms with van der Waals surface area (Å²) in [6.45, 7) is 2.55. The molecular formula is C10H10N2O2S. The summed E-state index contributed by atoms with van der Waals surface area (Å²) in [6.07, 6.45) is 3.57. The van der Waals surface area contributed by atoms with Gasteiger partial charge in [-0.2, -0.15) is 5.10 Å². The van der Waals surface area contributed by atoms with Crippen molar-refractivity contribution in [3.8, 4) is 0 Å². The Morgan fingerprint density at radius 2 is 2.47 bits per heavy atom. The van der Waals surface area contributed by atoms with E-state index in [-0.39, 0.29) is 0 Å². The number of carbonyl (C=O) groups is 1. The van der Waals surface area contributed by atoms with Crippen LogP contribution in [-0.2, 0) is 6.54 Å². The summed E-state index contributed by atoms with van der Waals surface area (Å²) in [5, 5.41) is 12.9. The highest BCUT2D eigenvalue weighted by Crippen LogP contribution is 2.22. The van der Waals surface area contributed by atoms with Crippen molar-refractivity contribution in [2.45, 2.75) is 13.5 Å². The molecule has 0 aliphatic rings. The number of thiophene rings is 1. The third-order valence-electron chi connectivity index (χ3n) is 2.12. The van der Waals surface area contributed by atoms with Crippen LogP contribution >= 0.6 is 11.3 Å². The topological polar surface area (TPSA) is 55.1 Å². The number of rotatable bonds is 3. The van der Waals surface area contributed by atoms with Gasteiger partial charge in [-0.25, -0.2) is 4.79 Å². The van der Waals surface area contributed by atoms with E-state index in [1.54, 1.807) is 16.9 Å². The van der Waals surface area contributed by atoms with Gasteiger partial charge < -0.3 is 5.11 Å². The Bertz CT molecular complexity index is 474. The summed E-state index contributed by atoms with van der Waals surface area (Å²) in [4.78, 5) is 12.2. The van der Waals surface area contributed by atoms with Gasteiger partial charge in [-0.1, -0.05) is 0 Å². The summed E-state index contributed by atoms with van der Waals surface area (Å²) in [5.74, 6) is -0.866. The molecule has 0 fully saturated rings. The molecule has 0 amide bonds. The Morgan fingerprint density at radius 3 is 3.00 bits per heavy atom. The fourth-order valence-corrected chi connectivity index (χ4v) is 2.22. The van der Waals surface area contributed by atoms with Gasteiger partial charge >= 0.3 is 5.97 Å². The van der Waals surface area contributed by atoms with Gasteiger partial charge in [-0.05, 0) is 24.6 Å². The number of aromatic carboxylic acids is 1. The van der Waals surface area contributed by atoms with Crippen LogP contribution in [0.3, 0.4) is 0 Å². The molecule has 0 radical (unpaired) electrons. The average molecular weight is 222 g/mol. The molecule has 4 nitrogen and oxygen atoms in total. The van der Waals surface area contributed by atoms with Crippen molar-refractivity contribution in [1.82, 2.24) is 9.78 Å². The predicted molar refractivity (Wildman–Crippen MR) is 57.3 cm³/mol. The maximum Gasteiger partial charge on any atom is 0.345 e. The molecule has 0 spiro atoms. The van der Waals surface area contributed by atoms with E-state index in [9.17, 15) is 4.79 Å². The molecule has 0 unspecified atom stereocenters. The van der Waals surface area contributed by atoms with Crippen LogP contribution < -0.4 is 0 Å². The van der Waals surface area contributed by atoms with E-state index in [1.165, 1.54) is 11.3 Å². The zero-order valence-electron chi connectivity index (χ0n) is 8.17. The molecule has 2 rings (SSSR count). The first-order chi connectivity index (χ1) is 7.16. The van der Waals surface area contributed by atoms with Gasteiger partial charge in [0.2, 0.25) is 0 Å². The lowest BCUT2D eigenvalue weighted by Crippen LogP contribution is -1.99. The van der Waals surface area contributed by atoms with Gasteiger partial charge in [0.15, 0.2) is 0 Å². The standard InChI is InChI=1S/C10H10N2O2S/c1-7-8(5-9(15-7)10(13)14)6-12-4-2-3-11-12/h2-5H,6H2,1H3,(H,13,14). The van der Waals surface area contributed by atoms with Crippen molar-refractivity contribution < 1.29 is 9.90 Å². The fourth-order valence-electron chi connectivity index (χ4n) is 1.35. The number of carboxylic acid groups (broad SMARTS) is 1. The first-order valence-electron chi connectivity index (χ1n) is 4.47. The van der Waals surface area contributed by atoms with Gasteiger partial charge in [-0.3, -0.25) is 4.68 Å². The molecule has 78 valence electrons. The smallest absolute Gasteiger partial charge is 0.345 e. The Labute approximate surface area is 90.8 Å². The molecular weight excluding hydrogens is 212 g/mol. The summed E-state index contributed by atoms with van der Waals surface area (Å²) < 4.78 is 1.78. The number of carboxylic acids is 1. The number of hydrogen-bond acceptors (Lipinski definition) is 3. The van der Waals surface area contributed by atoms with Gasteiger partial charge in [0, 0.05) is 17.3 Å². The Kier molecular flexibility index (Phi) is 2.55. The highest BCUT2D eigenvalue weighted by atomic mass is 32.1. The van der Waals surface area contributed by atoms with E-state index in [2.05, 4.69) is 5.10 Å². The highest BCUT2D eigenvalue weighted by Gasteiger charge is 2.11. The zero-order valence-corrected chi connectivity index (χ0v) is 8.99. The second-order valence-corrected chi connectivity index (χ2v) is 4.46. The third-order valence-corrected chi connectivity index (χ3v) is 3.20. The zero-order chi connectivity index (χ0) is 10.8. The van der Waals surface area contributed by atoms with Crippen LogP contribution in [0.1, 0.15) is 20.1 Å². The summed E-state index contributed by atoms with van der Waals surface area (Å²) in [5.41, 5.74) is 1.01. The lowest BCUT2D eigenvalue weighted by molar-refractivity contribution is 0.0702. The monoisotopic (exact) mass is 222 g/mol. The van der Waals surface area contributed by atoms with Crippen LogP contribution in [0, 0.1) is 6.92 Å². The average Bonchev–Trinajstić information content (AvgIpc) is 2.77. The molecule has 0 aliphatic carbocycles. The van der Waals surface area contributed by atoms with Crippen molar-refractivity contribution in [2.24, 2.45) is 0 Å².